The number of hydrazone groups is 1. The van der Waals surface area contributed by atoms with Crippen molar-refractivity contribution in [3.05, 3.63) is 30.1 Å². The van der Waals surface area contributed by atoms with Gasteiger partial charge in [0.05, 0.1) is 5.69 Å². The van der Waals surface area contributed by atoms with Gasteiger partial charge in [-0.3, -0.25) is 5.43 Å². The normalized spacial score (nSPS) is 10.4. The van der Waals surface area contributed by atoms with Crippen LogP contribution in [0.3, 0.4) is 0 Å². The number of anilines is 1. The van der Waals surface area contributed by atoms with Crippen molar-refractivity contribution >= 4 is 11.9 Å². The van der Waals surface area contributed by atoms with Crippen LogP contribution < -0.4 is 5.43 Å². The van der Waals surface area contributed by atoms with Crippen LogP contribution in [0.5, 0.6) is 0 Å². The van der Waals surface area contributed by atoms with Crippen LogP contribution in [0.2, 0.25) is 0 Å². The van der Waals surface area contributed by atoms with Crippen LogP contribution in [-0.4, -0.2) is 6.21 Å². The molecule has 0 spiro atoms. The van der Waals surface area contributed by atoms with Gasteiger partial charge in [0.15, 0.2) is 0 Å². The molecule has 0 saturated heterocycles. The number of nitrogens with zero attached hydrogens (tertiary/aromatic N) is 1. The van der Waals surface area contributed by atoms with Crippen molar-refractivity contribution in [3.63, 3.8) is 0 Å². The van der Waals surface area contributed by atoms with Crippen LogP contribution in [0.4, 0.5) is 10.1 Å². The first-order chi connectivity index (χ1) is 5.33. The molecule has 1 rings (SSSR count). The smallest absolute Gasteiger partial charge is 0.123 e. The third-order valence-electron chi connectivity index (χ3n) is 1.17. The Labute approximate surface area is 64.7 Å². The van der Waals surface area contributed by atoms with E-state index in [1.807, 2.05) is 0 Å². The highest BCUT2D eigenvalue weighted by Gasteiger charge is 1.88. The van der Waals surface area contributed by atoms with Crippen LogP contribution in [0, 0.1) is 5.82 Å². The third-order valence-corrected chi connectivity index (χ3v) is 1.17. The number of nitrogens with one attached hydrogen (secondary N) is 1. The van der Waals surface area contributed by atoms with Gasteiger partial charge in [0.25, 0.3) is 0 Å². The van der Waals surface area contributed by atoms with Crippen LogP contribution in [0.25, 0.3) is 0 Å². The van der Waals surface area contributed by atoms with Crippen molar-refractivity contribution in [2.75, 3.05) is 5.43 Å². The molecule has 0 aromatic heterocycles. The molecule has 0 heterocycles. The molecule has 0 bridgehead atoms. The highest BCUT2D eigenvalue weighted by Crippen LogP contribution is 2.07. The minimum atomic E-state index is -0.240. The number of halogens is 1. The Morgan fingerprint density at radius 3 is 2.55 bits per heavy atom. The highest BCUT2D eigenvalue weighted by atomic mass is 19.1. The fourth-order valence-electron chi connectivity index (χ4n) is 0.664. The summed E-state index contributed by atoms with van der Waals surface area (Å²) in [6.07, 6.45) is 1.63. The van der Waals surface area contributed by atoms with Gasteiger partial charge in [-0.25, -0.2) is 4.39 Å². The molecule has 0 saturated carbocycles. The summed E-state index contributed by atoms with van der Waals surface area (Å²) in [4.78, 5) is 0. The fourth-order valence-corrected chi connectivity index (χ4v) is 0.664. The van der Waals surface area contributed by atoms with E-state index in [0.717, 1.165) is 5.69 Å². The van der Waals surface area contributed by atoms with Crippen molar-refractivity contribution in [2.24, 2.45) is 5.10 Å². The molecule has 0 radical (unpaired) electrons. The van der Waals surface area contributed by atoms with Gasteiger partial charge >= 0.3 is 0 Å². The summed E-state index contributed by atoms with van der Waals surface area (Å²) < 4.78 is 12.3. The van der Waals surface area contributed by atoms with E-state index in [-0.39, 0.29) is 5.82 Å². The molecule has 1 aromatic carbocycles. The summed E-state index contributed by atoms with van der Waals surface area (Å²) in [6.45, 7) is 1.80. The summed E-state index contributed by atoms with van der Waals surface area (Å²) in [6, 6.07) is 6.02. The molecule has 11 heavy (non-hydrogen) atoms. The second-order valence-electron chi connectivity index (χ2n) is 2.01. The molecule has 0 atom stereocenters. The monoisotopic (exact) mass is 152 g/mol. The maximum atomic E-state index is 12.3. The Morgan fingerprint density at radius 2 is 2.00 bits per heavy atom. The van der Waals surface area contributed by atoms with E-state index in [4.69, 9.17) is 0 Å². The first kappa shape index (κ1) is 7.72. The zero-order valence-electron chi connectivity index (χ0n) is 6.21. The maximum Gasteiger partial charge on any atom is 0.123 e. The van der Waals surface area contributed by atoms with Gasteiger partial charge in [-0.1, -0.05) is 0 Å². The summed E-state index contributed by atoms with van der Waals surface area (Å²) in [5.74, 6) is -0.240. The lowest BCUT2D eigenvalue weighted by molar-refractivity contribution is 0.628. The van der Waals surface area contributed by atoms with Crippen LogP contribution in [0.15, 0.2) is 29.4 Å². The molecule has 3 heteroatoms. The third kappa shape index (κ3) is 2.37. The first-order valence-corrected chi connectivity index (χ1v) is 3.32. The number of rotatable bonds is 2. The van der Waals surface area contributed by atoms with Gasteiger partial charge in [-0.2, -0.15) is 5.10 Å². The van der Waals surface area contributed by atoms with Crippen LogP contribution in [-0.2, 0) is 0 Å². The quantitative estimate of drug-likeness (QED) is 0.510. The Bertz CT molecular complexity index is 241. The van der Waals surface area contributed by atoms with E-state index >= 15 is 0 Å². The minimum absolute atomic E-state index is 0.240. The molecule has 0 unspecified atom stereocenters. The van der Waals surface area contributed by atoms with Crippen molar-refractivity contribution in [1.82, 2.24) is 0 Å². The highest BCUT2D eigenvalue weighted by molar-refractivity contribution is 5.56. The molecular weight excluding hydrogens is 143 g/mol. The molecule has 2 nitrogen and oxygen atoms in total. The van der Waals surface area contributed by atoms with E-state index in [0.29, 0.717) is 0 Å². The van der Waals surface area contributed by atoms with E-state index in [1.165, 1.54) is 12.1 Å². The molecule has 0 amide bonds. The average molecular weight is 152 g/mol. The van der Waals surface area contributed by atoms with E-state index in [1.54, 1.807) is 25.3 Å². The minimum Gasteiger partial charge on any atom is -0.279 e. The molecule has 1 aromatic rings. The van der Waals surface area contributed by atoms with Gasteiger partial charge in [0, 0.05) is 6.21 Å². The second-order valence-corrected chi connectivity index (χ2v) is 2.01. The summed E-state index contributed by atoms with van der Waals surface area (Å²) in [7, 11) is 0. The second kappa shape index (κ2) is 3.71. The molecule has 0 aliphatic heterocycles. The molecule has 0 fully saturated rings. The van der Waals surface area contributed by atoms with E-state index < -0.39 is 0 Å². The first-order valence-electron chi connectivity index (χ1n) is 3.32. The lowest BCUT2D eigenvalue weighted by Gasteiger charge is -1.97. The van der Waals surface area contributed by atoms with Crippen molar-refractivity contribution in [2.45, 2.75) is 6.92 Å². The van der Waals surface area contributed by atoms with Gasteiger partial charge < -0.3 is 0 Å². The molecular formula is C8H9FN2. The van der Waals surface area contributed by atoms with E-state index in [2.05, 4.69) is 10.5 Å². The van der Waals surface area contributed by atoms with Crippen molar-refractivity contribution in [1.29, 1.82) is 0 Å². The van der Waals surface area contributed by atoms with Crippen LogP contribution >= 0.6 is 0 Å². The summed E-state index contributed by atoms with van der Waals surface area (Å²) in [5, 5.41) is 3.77. The molecule has 0 aliphatic rings. The summed E-state index contributed by atoms with van der Waals surface area (Å²) in [5.41, 5.74) is 3.51. The zero-order valence-corrected chi connectivity index (χ0v) is 6.21. The van der Waals surface area contributed by atoms with Crippen LogP contribution in [0.1, 0.15) is 6.92 Å². The number of hydrogen-bond donors (Lipinski definition) is 1. The average Bonchev–Trinajstić information content (AvgIpc) is 2.04. The fraction of sp³-hybridized carbons (Fsp3) is 0.125. The summed E-state index contributed by atoms with van der Waals surface area (Å²) >= 11 is 0. The Hall–Kier alpha value is -1.38. The van der Waals surface area contributed by atoms with Gasteiger partial charge in [-0.05, 0) is 31.2 Å². The lowest BCUT2D eigenvalue weighted by atomic mass is 10.3. The van der Waals surface area contributed by atoms with E-state index in [9.17, 15) is 4.39 Å². The Kier molecular flexibility index (Phi) is 2.60. The maximum absolute atomic E-state index is 12.3. The molecule has 1 N–H and O–H groups in total. The van der Waals surface area contributed by atoms with Crippen molar-refractivity contribution < 1.29 is 4.39 Å². The standard InChI is InChI=1S/C8H9FN2/c1-2-10-11-8-5-3-7(9)4-6-8/h2-6,11H,1H3/b10-2+. The number of benzene rings is 1. The molecule has 0 aliphatic carbocycles. The Balaban J connectivity index is 2.66. The predicted molar refractivity (Wildman–Crippen MR) is 44.2 cm³/mol. The largest absolute Gasteiger partial charge is 0.279 e. The zero-order chi connectivity index (χ0) is 8.10. The van der Waals surface area contributed by atoms with Gasteiger partial charge in [0.1, 0.15) is 5.82 Å². The topological polar surface area (TPSA) is 24.4 Å². The SMILES string of the molecule is C/C=N/Nc1ccc(F)cc1. The van der Waals surface area contributed by atoms with Gasteiger partial charge in [0.2, 0.25) is 0 Å². The lowest BCUT2D eigenvalue weighted by Crippen LogP contribution is -1.87. The predicted octanol–water partition coefficient (Wildman–Crippen LogP) is 2.24. The number of hydrogen-bond acceptors (Lipinski definition) is 2. The van der Waals surface area contributed by atoms with Gasteiger partial charge in [-0.15, -0.1) is 0 Å². The van der Waals surface area contributed by atoms with Crippen molar-refractivity contribution in [3.8, 4) is 0 Å². The molecule has 58 valence electrons. The Morgan fingerprint density at radius 1 is 1.36 bits per heavy atom.